The van der Waals surface area contributed by atoms with E-state index in [0.717, 1.165) is 6.54 Å². The van der Waals surface area contributed by atoms with Crippen molar-refractivity contribution in [2.45, 2.75) is 52.1 Å². The average molecular weight is 238 g/mol. The Morgan fingerprint density at radius 3 is 2.59 bits per heavy atom. The summed E-state index contributed by atoms with van der Waals surface area (Å²) in [6.07, 6.45) is 7.87. The fourth-order valence-electron chi connectivity index (χ4n) is 2.36. The van der Waals surface area contributed by atoms with E-state index in [2.05, 4.69) is 43.1 Å². The van der Waals surface area contributed by atoms with Gasteiger partial charge in [-0.2, -0.15) is 0 Å². The minimum absolute atomic E-state index is 0.0994. The van der Waals surface area contributed by atoms with Crippen LogP contribution in [0.15, 0.2) is 12.2 Å². The maximum Gasteiger partial charge on any atom is 0.241 e. The molecule has 17 heavy (non-hydrogen) atoms. The van der Waals surface area contributed by atoms with E-state index in [4.69, 9.17) is 0 Å². The quantitative estimate of drug-likeness (QED) is 0.761. The summed E-state index contributed by atoms with van der Waals surface area (Å²) < 4.78 is 0. The van der Waals surface area contributed by atoms with E-state index < -0.39 is 0 Å². The number of rotatable bonds is 4. The third-order valence-corrected chi connectivity index (χ3v) is 3.40. The Labute approximate surface area is 105 Å². The predicted molar refractivity (Wildman–Crippen MR) is 71.9 cm³/mol. The van der Waals surface area contributed by atoms with Gasteiger partial charge in [-0.15, -0.1) is 0 Å². The molecule has 1 amide bonds. The van der Waals surface area contributed by atoms with Crippen LogP contribution in [0, 0.1) is 5.92 Å². The molecule has 1 unspecified atom stereocenters. The maximum absolute atomic E-state index is 12.0. The average Bonchev–Trinajstić information content (AvgIpc) is 2.30. The number of nitrogens with zero attached hydrogens (tertiary/aromatic N) is 1. The second-order valence-corrected chi connectivity index (χ2v) is 5.27. The van der Waals surface area contributed by atoms with Gasteiger partial charge < -0.3 is 5.32 Å². The molecule has 0 spiro atoms. The lowest BCUT2D eigenvalue weighted by Crippen LogP contribution is -2.50. The van der Waals surface area contributed by atoms with Crippen molar-refractivity contribution in [2.75, 3.05) is 13.6 Å². The number of carbonyl (C=O) groups excluding carboxylic acids is 1. The van der Waals surface area contributed by atoms with Crippen LogP contribution in [0.5, 0.6) is 0 Å². The summed E-state index contributed by atoms with van der Waals surface area (Å²) in [5.74, 6) is 0.595. The smallest absolute Gasteiger partial charge is 0.241 e. The van der Waals surface area contributed by atoms with Gasteiger partial charge in [-0.3, -0.25) is 9.69 Å². The summed E-state index contributed by atoms with van der Waals surface area (Å²) in [6.45, 7) is 7.52. The number of hydrogen-bond donors (Lipinski definition) is 1. The van der Waals surface area contributed by atoms with Crippen molar-refractivity contribution < 1.29 is 4.79 Å². The second kappa shape index (κ2) is 6.80. The summed E-state index contributed by atoms with van der Waals surface area (Å²) in [5, 5.41) is 2.77. The van der Waals surface area contributed by atoms with Crippen LogP contribution < -0.4 is 5.32 Å². The molecule has 1 rings (SSSR count). The Balaban J connectivity index is 2.77. The maximum atomic E-state index is 12.0. The molecule has 1 aliphatic rings. The molecule has 1 heterocycles. The number of piperidine rings is 1. The van der Waals surface area contributed by atoms with Gasteiger partial charge >= 0.3 is 0 Å². The van der Waals surface area contributed by atoms with Crippen LogP contribution in [-0.4, -0.2) is 36.5 Å². The van der Waals surface area contributed by atoms with E-state index in [-0.39, 0.29) is 11.9 Å². The highest BCUT2D eigenvalue weighted by Gasteiger charge is 2.28. The van der Waals surface area contributed by atoms with E-state index in [0.29, 0.717) is 12.0 Å². The third kappa shape index (κ3) is 4.15. The monoisotopic (exact) mass is 238 g/mol. The van der Waals surface area contributed by atoms with E-state index >= 15 is 0 Å². The van der Waals surface area contributed by atoms with Crippen LogP contribution in [0.25, 0.3) is 0 Å². The summed E-state index contributed by atoms with van der Waals surface area (Å²) in [7, 11) is 1.72. The molecule has 2 atom stereocenters. The van der Waals surface area contributed by atoms with Gasteiger partial charge in [0.25, 0.3) is 0 Å². The first-order valence-electron chi connectivity index (χ1n) is 6.72. The second-order valence-electron chi connectivity index (χ2n) is 5.27. The van der Waals surface area contributed by atoms with E-state index in [1.807, 2.05) is 0 Å². The fraction of sp³-hybridized carbons (Fsp3) is 0.786. The van der Waals surface area contributed by atoms with Gasteiger partial charge in [0.1, 0.15) is 6.04 Å². The number of carbonyl (C=O) groups is 1. The number of hydrogen-bond acceptors (Lipinski definition) is 2. The standard InChI is InChI=1S/C14H26N2O/c1-11(2)8-9-13(14(17)15-4)16-10-6-5-7-12(16)3/h8-9,11-13H,5-7,10H2,1-4H3,(H,15,17)/b9-8+/t12-,13?/m1/s1. The first kappa shape index (κ1) is 14.2. The van der Waals surface area contributed by atoms with Crippen molar-refractivity contribution in [3.8, 4) is 0 Å². The number of amides is 1. The van der Waals surface area contributed by atoms with Crippen molar-refractivity contribution in [3.63, 3.8) is 0 Å². The molecule has 0 aliphatic carbocycles. The summed E-state index contributed by atoms with van der Waals surface area (Å²) >= 11 is 0. The number of likely N-dealkylation sites (N-methyl/N-ethyl adjacent to an activating group) is 1. The largest absolute Gasteiger partial charge is 0.358 e. The van der Waals surface area contributed by atoms with Gasteiger partial charge in [0.15, 0.2) is 0 Å². The van der Waals surface area contributed by atoms with Crippen molar-refractivity contribution in [1.29, 1.82) is 0 Å². The lowest BCUT2D eigenvalue weighted by Gasteiger charge is -2.37. The van der Waals surface area contributed by atoms with Crippen LogP contribution in [0.3, 0.4) is 0 Å². The number of likely N-dealkylation sites (tertiary alicyclic amines) is 1. The molecule has 0 bridgehead atoms. The van der Waals surface area contributed by atoms with Gasteiger partial charge in [0.2, 0.25) is 5.91 Å². The molecule has 1 fully saturated rings. The molecule has 3 heteroatoms. The minimum Gasteiger partial charge on any atom is -0.358 e. The summed E-state index contributed by atoms with van der Waals surface area (Å²) in [4.78, 5) is 14.3. The fourth-order valence-corrected chi connectivity index (χ4v) is 2.36. The predicted octanol–water partition coefficient (Wildman–Crippen LogP) is 2.19. The molecule has 0 saturated carbocycles. The Kier molecular flexibility index (Phi) is 5.69. The summed E-state index contributed by atoms with van der Waals surface area (Å²) in [5.41, 5.74) is 0. The topological polar surface area (TPSA) is 32.3 Å². The lowest BCUT2D eigenvalue weighted by atomic mass is 10.00. The van der Waals surface area contributed by atoms with E-state index in [9.17, 15) is 4.79 Å². The van der Waals surface area contributed by atoms with Crippen molar-refractivity contribution in [3.05, 3.63) is 12.2 Å². The third-order valence-electron chi connectivity index (χ3n) is 3.40. The molecule has 0 radical (unpaired) electrons. The number of nitrogens with one attached hydrogen (secondary N) is 1. The Hall–Kier alpha value is -0.830. The van der Waals surface area contributed by atoms with Gasteiger partial charge in [-0.1, -0.05) is 32.4 Å². The molecule has 0 aromatic heterocycles. The molecule has 98 valence electrons. The number of allylic oxidation sites excluding steroid dienone is 1. The first-order valence-corrected chi connectivity index (χ1v) is 6.72. The highest BCUT2D eigenvalue weighted by Crippen LogP contribution is 2.20. The molecule has 3 nitrogen and oxygen atoms in total. The van der Waals surface area contributed by atoms with Crippen molar-refractivity contribution in [2.24, 2.45) is 5.92 Å². The Bertz CT molecular complexity index is 273. The molecular weight excluding hydrogens is 212 g/mol. The minimum atomic E-state index is -0.0994. The molecule has 0 aromatic carbocycles. The first-order chi connectivity index (χ1) is 8.06. The Morgan fingerprint density at radius 2 is 2.06 bits per heavy atom. The van der Waals surface area contributed by atoms with Gasteiger partial charge in [-0.25, -0.2) is 0 Å². The molecule has 1 saturated heterocycles. The van der Waals surface area contributed by atoms with Crippen molar-refractivity contribution in [1.82, 2.24) is 10.2 Å². The normalized spacial score (nSPS) is 24.2. The SMILES string of the molecule is CNC(=O)C(/C=C/C(C)C)N1CCCC[C@H]1C. The highest BCUT2D eigenvalue weighted by atomic mass is 16.2. The van der Waals surface area contributed by atoms with Crippen LogP contribution in [0.2, 0.25) is 0 Å². The zero-order valence-electron chi connectivity index (χ0n) is 11.6. The highest BCUT2D eigenvalue weighted by molar-refractivity contribution is 5.83. The van der Waals surface area contributed by atoms with Crippen LogP contribution in [-0.2, 0) is 4.79 Å². The van der Waals surface area contributed by atoms with Crippen molar-refractivity contribution >= 4 is 5.91 Å². The van der Waals surface area contributed by atoms with E-state index in [1.54, 1.807) is 7.05 Å². The Morgan fingerprint density at radius 1 is 1.35 bits per heavy atom. The van der Waals surface area contributed by atoms with Gasteiger partial charge in [0.05, 0.1) is 0 Å². The lowest BCUT2D eigenvalue weighted by molar-refractivity contribution is -0.125. The van der Waals surface area contributed by atoms with Crippen LogP contribution in [0.1, 0.15) is 40.0 Å². The van der Waals surface area contributed by atoms with Crippen LogP contribution in [0.4, 0.5) is 0 Å². The zero-order chi connectivity index (χ0) is 12.8. The zero-order valence-corrected chi connectivity index (χ0v) is 11.6. The van der Waals surface area contributed by atoms with Gasteiger partial charge in [-0.05, 0) is 32.2 Å². The molecule has 1 aliphatic heterocycles. The molecular formula is C14H26N2O. The van der Waals surface area contributed by atoms with Crippen LogP contribution >= 0.6 is 0 Å². The van der Waals surface area contributed by atoms with Gasteiger partial charge in [0, 0.05) is 13.1 Å². The summed E-state index contributed by atoms with van der Waals surface area (Å²) in [6, 6.07) is 0.403. The molecule has 1 N–H and O–H groups in total. The molecule has 0 aromatic rings. The van der Waals surface area contributed by atoms with E-state index in [1.165, 1.54) is 19.3 Å².